The van der Waals surface area contributed by atoms with Crippen LogP contribution >= 0.6 is 11.8 Å². The van der Waals surface area contributed by atoms with Gasteiger partial charge in [0.1, 0.15) is 16.7 Å². The molecule has 5 aromatic carbocycles. The van der Waals surface area contributed by atoms with Crippen molar-refractivity contribution in [3.63, 3.8) is 0 Å². The second-order valence-corrected chi connectivity index (χ2v) is 11.7. The van der Waals surface area contributed by atoms with Crippen LogP contribution < -0.4 is 5.32 Å². The maximum absolute atomic E-state index is 6.21. The Morgan fingerprint density at radius 2 is 1.46 bits per heavy atom. The third-order valence-corrected chi connectivity index (χ3v) is 9.65. The van der Waals surface area contributed by atoms with Crippen molar-refractivity contribution in [1.82, 2.24) is 9.88 Å². The van der Waals surface area contributed by atoms with E-state index in [2.05, 4.69) is 113 Å². The molecule has 1 aliphatic carbocycles. The molecule has 3 heterocycles. The second-order valence-electron chi connectivity index (χ2n) is 10.5. The lowest BCUT2D eigenvalue weighted by Gasteiger charge is -2.15. The second kappa shape index (κ2) is 8.05. The molecule has 7 aromatic rings. The summed E-state index contributed by atoms with van der Waals surface area (Å²) in [4.78, 5) is 1.44. The minimum atomic E-state index is 0.200. The standard InChI is InChI=1S/C35H24N2OS/c1-2-8-24-21(7-1)15-18-28-32(24)25-9-3-5-11-27(25)37(28)23-16-13-22(14-17-23)35-36-34-31(39-35)20-19-30-33(34)26-10-4-6-12-29(26)38-30/h1-18,35-36H,19-20H2. The number of rotatable bonds is 2. The number of aryl methyl sites for hydroxylation is 1. The largest absolute Gasteiger partial charge is 0.460 e. The molecule has 3 nitrogen and oxygen atoms in total. The maximum atomic E-state index is 6.21. The number of allylic oxidation sites excluding steroid dienone is 1. The molecule has 2 aliphatic rings. The van der Waals surface area contributed by atoms with Crippen LogP contribution in [0.4, 0.5) is 0 Å². The van der Waals surface area contributed by atoms with Gasteiger partial charge in [0.05, 0.1) is 16.7 Å². The van der Waals surface area contributed by atoms with Crippen LogP contribution in [-0.4, -0.2) is 4.57 Å². The van der Waals surface area contributed by atoms with E-state index in [-0.39, 0.29) is 5.37 Å². The van der Waals surface area contributed by atoms with Crippen molar-refractivity contribution in [1.29, 1.82) is 0 Å². The minimum absolute atomic E-state index is 0.200. The first-order chi connectivity index (χ1) is 19.3. The lowest BCUT2D eigenvalue weighted by Crippen LogP contribution is -2.14. The van der Waals surface area contributed by atoms with Gasteiger partial charge in [-0.2, -0.15) is 0 Å². The van der Waals surface area contributed by atoms with Crippen LogP contribution in [0.25, 0.3) is 54.9 Å². The molecular formula is C35H24N2OS. The van der Waals surface area contributed by atoms with E-state index in [4.69, 9.17) is 4.42 Å². The smallest absolute Gasteiger partial charge is 0.134 e. The van der Waals surface area contributed by atoms with E-state index in [0.717, 1.165) is 24.2 Å². The van der Waals surface area contributed by atoms with Crippen molar-refractivity contribution in [2.24, 2.45) is 0 Å². The minimum Gasteiger partial charge on any atom is -0.460 e. The highest BCUT2D eigenvalue weighted by molar-refractivity contribution is 8.03. The van der Waals surface area contributed by atoms with Gasteiger partial charge in [0.2, 0.25) is 0 Å². The Balaban J connectivity index is 1.11. The van der Waals surface area contributed by atoms with Gasteiger partial charge < -0.3 is 14.3 Å². The third-order valence-electron chi connectivity index (χ3n) is 8.33. The topological polar surface area (TPSA) is 30.1 Å². The number of hydrogen-bond donors (Lipinski definition) is 1. The quantitative estimate of drug-likeness (QED) is 0.246. The Labute approximate surface area is 229 Å². The molecule has 186 valence electrons. The van der Waals surface area contributed by atoms with Gasteiger partial charge in [-0.1, -0.05) is 90.6 Å². The lowest BCUT2D eigenvalue weighted by molar-refractivity contribution is 0.544. The molecule has 0 radical (unpaired) electrons. The molecule has 0 bridgehead atoms. The van der Waals surface area contributed by atoms with Crippen LogP contribution in [0.15, 0.2) is 119 Å². The van der Waals surface area contributed by atoms with Crippen molar-refractivity contribution in [2.75, 3.05) is 0 Å². The first-order valence-corrected chi connectivity index (χ1v) is 14.4. The van der Waals surface area contributed by atoms with E-state index in [1.807, 2.05) is 17.8 Å². The number of aromatic nitrogens is 1. The number of nitrogens with one attached hydrogen (secondary N) is 1. The third kappa shape index (κ3) is 3.06. The molecule has 0 saturated heterocycles. The van der Waals surface area contributed by atoms with Crippen LogP contribution in [0, 0.1) is 0 Å². The molecule has 0 spiro atoms. The predicted molar refractivity (Wildman–Crippen MR) is 163 cm³/mol. The highest BCUT2D eigenvalue weighted by Crippen LogP contribution is 2.50. The number of benzene rings is 5. The van der Waals surface area contributed by atoms with Crippen molar-refractivity contribution in [3.05, 3.63) is 131 Å². The molecule has 1 aliphatic heterocycles. The molecule has 0 fully saturated rings. The van der Waals surface area contributed by atoms with Gasteiger partial charge in [0.15, 0.2) is 0 Å². The van der Waals surface area contributed by atoms with Crippen molar-refractivity contribution in [3.8, 4) is 5.69 Å². The summed E-state index contributed by atoms with van der Waals surface area (Å²) in [6, 6.07) is 39.5. The van der Waals surface area contributed by atoms with Gasteiger partial charge in [-0.15, -0.1) is 0 Å². The predicted octanol–water partition coefficient (Wildman–Crippen LogP) is 9.33. The van der Waals surface area contributed by atoms with Crippen LogP contribution in [0.1, 0.15) is 28.7 Å². The lowest BCUT2D eigenvalue weighted by atomic mass is 9.98. The zero-order valence-corrected chi connectivity index (χ0v) is 22.0. The van der Waals surface area contributed by atoms with Crippen LogP contribution in [0.2, 0.25) is 0 Å². The van der Waals surface area contributed by atoms with Gasteiger partial charge >= 0.3 is 0 Å². The zero-order chi connectivity index (χ0) is 25.5. The Morgan fingerprint density at radius 3 is 2.36 bits per heavy atom. The van der Waals surface area contributed by atoms with E-state index in [9.17, 15) is 0 Å². The summed E-state index contributed by atoms with van der Waals surface area (Å²) < 4.78 is 8.61. The monoisotopic (exact) mass is 520 g/mol. The van der Waals surface area contributed by atoms with Gasteiger partial charge in [-0.3, -0.25) is 0 Å². The molecule has 39 heavy (non-hydrogen) atoms. The number of thioether (sulfide) groups is 1. The van der Waals surface area contributed by atoms with Crippen LogP contribution in [0.5, 0.6) is 0 Å². The van der Waals surface area contributed by atoms with Crippen molar-refractivity contribution < 1.29 is 4.42 Å². The summed E-state index contributed by atoms with van der Waals surface area (Å²) >= 11 is 1.95. The molecule has 9 rings (SSSR count). The van der Waals surface area contributed by atoms with Gasteiger partial charge in [-0.25, -0.2) is 0 Å². The number of hydrogen-bond acceptors (Lipinski definition) is 3. The Morgan fingerprint density at radius 1 is 0.692 bits per heavy atom. The molecule has 4 heteroatoms. The summed E-state index contributed by atoms with van der Waals surface area (Å²) in [6.45, 7) is 0. The van der Waals surface area contributed by atoms with E-state index < -0.39 is 0 Å². The van der Waals surface area contributed by atoms with Crippen LogP contribution in [-0.2, 0) is 6.42 Å². The Hall–Kier alpha value is -4.41. The summed E-state index contributed by atoms with van der Waals surface area (Å²) in [6.07, 6.45) is 2.00. The molecule has 0 saturated carbocycles. The average molecular weight is 521 g/mol. The number of fused-ring (bicyclic) bond motifs is 9. The first kappa shape index (κ1) is 21.5. The Bertz CT molecular complexity index is 2130. The van der Waals surface area contributed by atoms with Gasteiger partial charge in [0.25, 0.3) is 0 Å². The molecule has 1 N–H and O–H groups in total. The fourth-order valence-corrected chi connectivity index (χ4v) is 7.83. The van der Waals surface area contributed by atoms with E-state index >= 15 is 0 Å². The first-order valence-electron chi connectivity index (χ1n) is 13.5. The van der Waals surface area contributed by atoms with Crippen LogP contribution in [0.3, 0.4) is 0 Å². The molecular weight excluding hydrogens is 496 g/mol. The maximum Gasteiger partial charge on any atom is 0.134 e. The summed E-state index contributed by atoms with van der Waals surface area (Å²) in [5.41, 5.74) is 8.46. The summed E-state index contributed by atoms with van der Waals surface area (Å²) in [5, 5.41) is 10.5. The number of furan rings is 1. The molecule has 2 aromatic heterocycles. The van der Waals surface area contributed by atoms with Crippen molar-refractivity contribution >= 4 is 61.0 Å². The fraction of sp³-hybridized carbons (Fsp3) is 0.0857. The Kier molecular flexibility index (Phi) is 4.44. The van der Waals surface area contributed by atoms with Gasteiger partial charge in [0, 0.05) is 38.7 Å². The SMILES string of the molecule is c1ccc2c(c1)ccc1c2c2ccccc2n1-c1ccc(C2NC3=C(CCc4oc5ccccc5c43)S2)cc1. The molecule has 0 amide bonds. The van der Waals surface area contributed by atoms with E-state index in [1.165, 1.54) is 65.4 Å². The van der Waals surface area contributed by atoms with E-state index in [1.54, 1.807) is 0 Å². The normalized spacial score (nSPS) is 16.8. The highest BCUT2D eigenvalue weighted by atomic mass is 32.2. The fourth-order valence-electron chi connectivity index (χ4n) is 6.58. The molecule has 1 atom stereocenters. The zero-order valence-electron chi connectivity index (χ0n) is 21.1. The highest BCUT2D eigenvalue weighted by Gasteiger charge is 2.33. The number of nitrogens with zero attached hydrogens (tertiary/aromatic N) is 1. The summed E-state index contributed by atoms with van der Waals surface area (Å²) in [5.74, 6) is 1.11. The van der Waals surface area contributed by atoms with Gasteiger partial charge in [-0.05, 0) is 53.1 Å². The molecule has 1 unspecified atom stereocenters. The number of para-hydroxylation sites is 2. The van der Waals surface area contributed by atoms with Crippen molar-refractivity contribution in [2.45, 2.75) is 18.2 Å². The average Bonchev–Trinajstić information content (AvgIpc) is 3.68. The summed E-state index contributed by atoms with van der Waals surface area (Å²) in [7, 11) is 0. The van der Waals surface area contributed by atoms with E-state index in [0.29, 0.717) is 0 Å².